The molecule has 0 spiro atoms. The van der Waals surface area contributed by atoms with Crippen LogP contribution in [-0.2, 0) is 4.87 Å². The molecule has 2 nitrogen and oxygen atoms in total. The van der Waals surface area contributed by atoms with Gasteiger partial charge in [-0.3, -0.25) is 0 Å². The van der Waals surface area contributed by atoms with Gasteiger partial charge in [-0.05, 0) is 30.7 Å². The van der Waals surface area contributed by atoms with Crippen molar-refractivity contribution < 1.29 is 9.52 Å². The van der Waals surface area contributed by atoms with Crippen LogP contribution in [0.3, 0.4) is 0 Å². The minimum atomic E-state index is -0.757. The molecule has 2 aromatic carbocycles. The minimum Gasteiger partial charge on any atom is -0.456 e. The second-order valence-corrected chi connectivity index (χ2v) is 5.50. The first-order valence-electron chi connectivity index (χ1n) is 5.83. The molecule has 0 saturated carbocycles. The molecule has 0 aliphatic heterocycles. The number of hydrogen-bond acceptors (Lipinski definition) is 2. The molecule has 0 aliphatic rings. The van der Waals surface area contributed by atoms with E-state index < -0.39 is 4.87 Å². The molecule has 0 radical (unpaired) electrons. The van der Waals surface area contributed by atoms with Gasteiger partial charge in [0.05, 0.1) is 11.5 Å². The number of aliphatic hydroxyl groups is 1. The van der Waals surface area contributed by atoms with Crippen molar-refractivity contribution in [3.63, 3.8) is 0 Å². The van der Waals surface area contributed by atoms with E-state index in [1.807, 2.05) is 42.5 Å². The molecule has 3 rings (SSSR count). The van der Waals surface area contributed by atoms with Gasteiger partial charge in [-0.15, -0.1) is 11.6 Å². The number of rotatable bonds is 2. The summed E-state index contributed by atoms with van der Waals surface area (Å²) in [6.07, 6.45) is 0. The van der Waals surface area contributed by atoms with Gasteiger partial charge in [-0.25, -0.2) is 0 Å². The van der Waals surface area contributed by atoms with Gasteiger partial charge in [-0.1, -0.05) is 24.3 Å². The monoisotopic (exact) mass is 260 g/mol. The molecule has 0 fully saturated rings. The van der Waals surface area contributed by atoms with Crippen LogP contribution in [0.1, 0.15) is 12.5 Å². The van der Waals surface area contributed by atoms with Crippen LogP contribution in [0.2, 0.25) is 0 Å². The predicted octanol–water partition coefficient (Wildman–Crippen LogP) is 4.03. The lowest BCUT2D eigenvalue weighted by Gasteiger charge is -2.19. The van der Waals surface area contributed by atoms with E-state index in [1.54, 1.807) is 6.92 Å². The predicted molar refractivity (Wildman–Crippen MR) is 74.0 cm³/mol. The van der Waals surface area contributed by atoms with Crippen LogP contribution >= 0.6 is 11.6 Å². The van der Waals surface area contributed by atoms with Gasteiger partial charge in [0, 0.05) is 10.8 Å². The summed E-state index contributed by atoms with van der Waals surface area (Å²) < 4.78 is 5.75. The summed E-state index contributed by atoms with van der Waals surface area (Å²) in [7, 11) is 0. The van der Waals surface area contributed by atoms with Crippen molar-refractivity contribution in [3.8, 4) is 0 Å². The number of halogens is 1. The third kappa shape index (κ3) is 1.69. The Balaban J connectivity index is 2.31. The highest BCUT2D eigenvalue weighted by Crippen LogP contribution is 2.34. The smallest absolute Gasteiger partial charge is 0.135 e. The molecular weight excluding hydrogens is 248 g/mol. The second-order valence-electron chi connectivity index (χ2n) is 4.66. The van der Waals surface area contributed by atoms with Gasteiger partial charge >= 0.3 is 0 Å². The number of para-hydroxylation sites is 1. The van der Waals surface area contributed by atoms with E-state index in [0.29, 0.717) is 0 Å². The molecule has 1 aromatic heterocycles. The van der Waals surface area contributed by atoms with Crippen molar-refractivity contribution in [2.24, 2.45) is 0 Å². The first-order chi connectivity index (χ1) is 8.62. The van der Waals surface area contributed by atoms with Crippen LogP contribution in [-0.4, -0.2) is 11.7 Å². The Bertz CT molecular complexity index is 713. The van der Waals surface area contributed by atoms with Gasteiger partial charge in [-0.2, -0.15) is 0 Å². The molecule has 3 heteroatoms. The topological polar surface area (TPSA) is 33.4 Å². The third-order valence-corrected chi connectivity index (χ3v) is 3.61. The lowest BCUT2D eigenvalue weighted by atomic mass is 9.99. The van der Waals surface area contributed by atoms with Crippen molar-refractivity contribution in [1.29, 1.82) is 0 Å². The number of benzene rings is 2. The molecule has 1 unspecified atom stereocenters. The molecule has 1 heterocycles. The second kappa shape index (κ2) is 4.01. The van der Waals surface area contributed by atoms with E-state index in [-0.39, 0.29) is 6.61 Å². The van der Waals surface area contributed by atoms with E-state index >= 15 is 0 Å². The fraction of sp³-hybridized carbons (Fsp3) is 0.200. The molecule has 0 amide bonds. The summed E-state index contributed by atoms with van der Waals surface area (Å²) in [6, 6.07) is 13.7. The van der Waals surface area contributed by atoms with Gasteiger partial charge in [0.2, 0.25) is 0 Å². The quantitative estimate of drug-likeness (QED) is 0.706. The van der Waals surface area contributed by atoms with Crippen LogP contribution in [0.5, 0.6) is 0 Å². The Morgan fingerprint density at radius 3 is 2.61 bits per heavy atom. The maximum absolute atomic E-state index is 9.33. The number of furan rings is 1. The van der Waals surface area contributed by atoms with Gasteiger partial charge < -0.3 is 9.52 Å². The van der Waals surface area contributed by atoms with E-state index in [4.69, 9.17) is 16.0 Å². The largest absolute Gasteiger partial charge is 0.456 e. The van der Waals surface area contributed by atoms with Crippen molar-refractivity contribution in [2.75, 3.05) is 6.61 Å². The molecular formula is C15H13ClO2. The standard InChI is InChI=1S/C15H13ClO2/c1-15(16,9-17)10-6-7-14-12(8-10)11-4-2-3-5-13(11)18-14/h2-8,17H,9H2,1H3. The molecule has 0 bridgehead atoms. The van der Waals surface area contributed by atoms with Crippen molar-refractivity contribution in [3.05, 3.63) is 48.0 Å². The van der Waals surface area contributed by atoms with Crippen LogP contribution in [0, 0.1) is 0 Å². The van der Waals surface area contributed by atoms with Crippen LogP contribution < -0.4 is 0 Å². The number of aliphatic hydroxyl groups excluding tert-OH is 1. The SMILES string of the molecule is CC(Cl)(CO)c1ccc2oc3ccccc3c2c1. The van der Waals surface area contributed by atoms with E-state index in [2.05, 4.69) is 0 Å². The highest BCUT2D eigenvalue weighted by atomic mass is 35.5. The third-order valence-electron chi connectivity index (χ3n) is 3.28. The summed E-state index contributed by atoms with van der Waals surface area (Å²) >= 11 is 6.28. The van der Waals surface area contributed by atoms with Crippen LogP contribution in [0.25, 0.3) is 21.9 Å². The maximum Gasteiger partial charge on any atom is 0.135 e. The summed E-state index contributed by atoms with van der Waals surface area (Å²) in [6.45, 7) is 1.70. The fourth-order valence-corrected chi connectivity index (χ4v) is 2.26. The maximum atomic E-state index is 9.33. The summed E-state index contributed by atoms with van der Waals surface area (Å²) in [5.41, 5.74) is 2.60. The Morgan fingerprint density at radius 2 is 1.83 bits per heavy atom. The first kappa shape index (κ1) is 11.6. The molecule has 0 saturated heterocycles. The Hall–Kier alpha value is -1.51. The van der Waals surface area contributed by atoms with Crippen molar-refractivity contribution >= 4 is 33.5 Å². The number of hydrogen-bond donors (Lipinski definition) is 1. The summed E-state index contributed by atoms with van der Waals surface area (Å²) in [4.78, 5) is -0.757. The van der Waals surface area contributed by atoms with Crippen LogP contribution in [0.4, 0.5) is 0 Å². The summed E-state index contributed by atoms with van der Waals surface area (Å²) in [5, 5.41) is 11.4. The zero-order valence-corrected chi connectivity index (χ0v) is 10.7. The van der Waals surface area contributed by atoms with Gasteiger partial charge in [0.1, 0.15) is 11.2 Å². The average molecular weight is 261 g/mol. The zero-order chi connectivity index (χ0) is 12.8. The highest BCUT2D eigenvalue weighted by Gasteiger charge is 2.23. The Kier molecular flexibility index (Phi) is 2.58. The highest BCUT2D eigenvalue weighted by molar-refractivity contribution is 6.24. The van der Waals surface area contributed by atoms with E-state index in [9.17, 15) is 5.11 Å². The Morgan fingerprint density at radius 1 is 1.11 bits per heavy atom. The first-order valence-corrected chi connectivity index (χ1v) is 6.21. The van der Waals surface area contributed by atoms with Crippen molar-refractivity contribution in [2.45, 2.75) is 11.8 Å². The summed E-state index contributed by atoms with van der Waals surface area (Å²) in [5.74, 6) is 0. The van der Waals surface area contributed by atoms with E-state index in [0.717, 1.165) is 27.5 Å². The molecule has 3 aromatic rings. The van der Waals surface area contributed by atoms with Gasteiger partial charge in [0.25, 0.3) is 0 Å². The molecule has 92 valence electrons. The molecule has 18 heavy (non-hydrogen) atoms. The molecule has 1 N–H and O–H groups in total. The lowest BCUT2D eigenvalue weighted by molar-refractivity contribution is 0.254. The number of fused-ring (bicyclic) bond motifs is 3. The average Bonchev–Trinajstić information content (AvgIpc) is 2.76. The van der Waals surface area contributed by atoms with E-state index in [1.165, 1.54) is 0 Å². The zero-order valence-electron chi connectivity index (χ0n) is 9.98. The molecule has 1 atom stereocenters. The normalized spacial score (nSPS) is 15.1. The fourth-order valence-electron chi connectivity index (χ4n) is 2.14. The molecule has 0 aliphatic carbocycles. The lowest BCUT2D eigenvalue weighted by Crippen LogP contribution is -2.18. The van der Waals surface area contributed by atoms with Crippen molar-refractivity contribution in [1.82, 2.24) is 0 Å². The minimum absolute atomic E-state index is 0.101. The van der Waals surface area contributed by atoms with Crippen LogP contribution in [0.15, 0.2) is 46.9 Å². The van der Waals surface area contributed by atoms with Gasteiger partial charge in [0.15, 0.2) is 0 Å². The number of alkyl halides is 1. The Labute approximate surface area is 110 Å².